The summed E-state index contributed by atoms with van der Waals surface area (Å²) >= 11 is 0. The van der Waals surface area contributed by atoms with Crippen LogP contribution < -0.4 is 0 Å². The molecular weight excluding hydrogens is 176 g/mol. The molecular formula is C12H24O2. The molecule has 0 bridgehead atoms. The Morgan fingerprint density at radius 3 is 2.36 bits per heavy atom. The van der Waals surface area contributed by atoms with Crippen LogP contribution in [0.3, 0.4) is 0 Å². The Balaban J connectivity index is 3.23. The molecule has 0 fully saturated rings. The minimum absolute atomic E-state index is 0.278. The van der Waals surface area contributed by atoms with Gasteiger partial charge in [0.1, 0.15) is 5.78 Å². The van der Waals surface area contributed by atoms with Crippen molar-refractivity contribution in [3.05, 3.63) is 0 Å². The maximum Gasteiger partial charge on any atom is 0.129 e. The van der Waals surface area contributed by atoms with E-state index in [0.717, 1.165) is 25.9 Å². The van der Waals surface area contributed by atoms with Gasteiger partial charge in [-0.25, -0.2) is 0 Å². The van der Waals surface area contributed by atoms with Crippen LogP contribution in [0.2, 0.25) is 0 Å². The van der Waals surface area contributed by atoms with Gasteiger partial charge in [0.15, 0.2) is 0 Å². The molecule has 0 N–H and O–H groups in total. The van der Waals surface area contributed by atoms with Gasteiger partial charge in [-0.1, -0.05) is 13.8 Å². The lowest BCUT2D eigenvalue weighted by molar-refractivity contribution is -0.117. The number of Topliss-reactive ketones (excluding diaryl/α,β-unsaturated/α-hetero) is 1. The maximum absolute atomic E-state index is 10.6. The van der Waals surface area contributed by atoms with E-state index in [2.05, 4.69) is 20.8 Å². The lowest BCUT2D eigenvalue weighted by Gasteiger charge is -2.14. The Bertz CT molecular complexity index is 152. The largest absolute Gasteiger partial charge is 0.378 e. The zero-order chi connectivity index (χ0) is 11.0. The highest BCUT2D eigenvalue weighted by Gasteiger charge is 2.04. The third-order valence-electron chi connectivity index (χ3n) is 2.13. The topological polar surface area (TPSA) is 26.3 Å². The van der Waals surface area contributed by atoms with Crippen LogP contribution >= 0.6 is 0 Å². The second kappa shape index (κ2) is 7.98. The Hall–Kier alpha value is -0.370. The first-order valence-electron chi connectivity index (χ1n) is 5.63. The van der Waals surface area contributed by atoms with E-state index in [0.29, 0.717) is 18.4 Å². The van der Waals surface area contributed by atoms with E-state index in [1.165, 1.54) is 0 Å². The number of rotatable bonds is 8. The molecule has 0 saturated carbocycles. The van der Waals surface area contributed by atoms with Crippen molar-refractivity contribution in [2.75, 3.05) is 6.61 Å². The zero-order valence-electron chi connectivity index (χ0n) is 10.0. The fraction of sp³-hybridized carbons (Fsp3) is 0.917. The normalized spacial score (nSPS) is 13.2. The summed E-state index contributed by atoms with van der Waals surface area (Å²) in [4.78, 5) is 10.6. The summed E-state index contributed by atoms with van der Waals surface area (Å²) in [6, 6.07) is 0. The smallest absolute Gasteiger partial charge is 0.129 e. The van der Waals surface area contributed by atoms with Crippen molar-refractivity contribution in [1.29, 1.82) is 0 Å². The van der Waals surface area contributed by atoms with Crippen LogP contribution in [0.4, 0.5) is 0 Å². The lowest BCUT2D eigenvalue weighted by Crippen LogP contribution is -2.12. The summed E-state index contributed by atoms with van der Waals surface area (Å²) in [5, 5.41) is 0. The third-order valence-corrected chi connectivity index (χ3v) is 2.13. The van der Waals surface area contributed by atoms with E-state index in [9.17, 15) is 4.79 Å². The quantitative estimate of drug-likeness (QED) is 0.562. The predicted molar refractivity (Wildman–Crippen MR) is 59.4 cm³/mol. The van der Waals surface area contributed by atoms with Crippen LogP contribution in [0.5, 0.6) is 0 Å². The molecule has 0 aromatic rings. The first kappa shape index (κ1) is 13.6. The van der Waals surface area contributed by atoms with E-state index in [1.807, 2.05) is 0 Å². The van der Waals surface area contributed by atoms with Crippen molar-refractivity contribution in [1.82, 2.24) is 0 Å². The summed E-state index contributed by atoms with van der Waals surface area (Å²) < 4.78 is 5.62. The molecule has 0 saturated heterocycles. The summed E-state index contributed by atoms with van der Waals surface area (Å²) in [5.41, 5.74) is 0. The molecule has 0 spiro atoms. The van der Waals surface area contributed by atoms with Crippen LogP contribution in [0.1, 0.15) is 53.4 Å². The molecule has 84 valence electrons. The monoisotopic (exact) mass is 200 g/mol. The van der Waals surface area contributed by atoms with Crippen molar-refractivity contribution in [2.24, 2.45) is 5.92 Å². The SMILES string of the molecule is CC(=O)CCCCOC(C)CC(C)C. The highest BCUT2D eigenvalue weighted by atomic mass is 16.5. The van der Waals surface area contributed by atoms with Gasteiger partial charge in [-0.15, -0.1) is 0 Å². The average Bonchev–Trinajstić information content (AvgIpc) is 2.01. The van der Waals surface area contributed by atoms with Gasteiger partial charge >= 0.3 is 0 Å². The summed E-state index contributed by atoms with van der Waals surface area (Å²) in [6.45, 7) is 8.96. The molecule has 14 heavy (non-hydrogen) atoms. The first-order valence-corrected chi connectivity index (χ1v) is 5.63. The Labute approximate surface area is 88.0 Å². The van der Waals surface area contributed by atoms with Gasteiger partial charge in [-0.2, -0.15) is 0 Å². The highest BCUT2D eigenvalue weighted by molar-refractivity contribution is 5.75. The molecule has 2 nitrogen and oxygen atoms in total. The van der Waals surface area contributed by atoms with Gasteiger partial charge in [0.05, 0.1) is 6.10 Å². The number of hydrogen-bond acceptors (Lipinski definition) is 2. The lowest BCUT2D eigenvalue weighted by atomic mass is 10.1. The zero-order valence-corrected chi connectivity index (χ0v) is 10.0. The maximum atomic E-state index is 10.6. The number of unbranched alkanes of at least 4 members (excludes halogenated alkanes) is 1. The van der Waals surface area contributed by atoms with Crippen molar-refractivity contribution >= 4 is 5.78 Å². The number of carbonyl (C=O) groups is 1. The minimum Gasteiger partial charge on any atom is -0.378 e. The van der Waals surface area contributed by atoms with Crippen molar-refractivity contribution in [2.45, 2.75) is 59.5 Å². The fourth-order valence-electron chi connectivity index (χ4n) is 1.49. The van der Waals surface area contributed by atoms with Gasteiger partial charge < -0.3 is 9.53 Å². The Morgan fingerprint density at radius 1 is 1.21 bits per heavy atom. The second-order valence-corrected chi connectivity index (χ2v) is 4.47. The first-order chi connectivity index (χ1) is 6.52. The molecule has 0 aliphatic rings. The molecule has 0 aromatic carbocycles. The van der Waals surface area contributed by atoms with Gasteiger partial charge in [-0.3, -0.25) is 0 Å². The summed E-state index contributed by atoms with van der Waals surface area (Å²) in [7, 11) is 0. The second-order valence-electron chi connectivity index (χ2n) is 4.47. The number of ether oxygens (including phenoxy) is 1. The molecule has 0 heterocycles. The summed E-state index contributed by atoms with van der Waals surface area (Å²) in [5.74, 6) is 0.974. The molecule has 1 unspecified atom stereocenters. The average molecular weight is 200 g/mol. The van der Waals surface area contributed by atoms with Crippen LogP contribution in [0, 0.1) is 5.92 Å². The van der Waals surface area contributed by atoms with E-state index < -0.39 is 0 Å². The van der Waals surface area contributed by atoms with Crippen LogP contribution in [0.25, 0.3) is 0 Å². The molecule has 0 rings (SSSR count). The van der Waals surface area contributed by atoms with Gasteiger partial charge in [0, 0.05) is 13.0 Å². The van der Waals surface area contributed by atoms with Crippen molar-refractivity contribution in [3.8, 4) is 0 Å². The standard InChI is InChI=1S/C12H24O2/c1-10(2)9-12(4)14-8-6-5-7-11(3)13/h10,12H,5-9H2,1-4H3. The van der Waals surface area contributed by atoms with Gasteiger partial charge in [0.25, 0.3) is 0 Å². The molecule has 0 radical (unpaired) electrons. The van der Waals surface area contributed by atoms with Crippen LogP contribution in [-0.2, 0) is 9.53 Å². The molecule has 0 amide bonds. The molecule has 0 aliphatic carbocycles. The molecule has 0 aliphatic heterocycles. The van der Waals surface area contributed by atoms with Crippen LogP contribution in [-0.4, -0.2) is 18.5 Å². The third kappa shape index (κ3) is 9.72. The van der Waals surface area contributed by atoms with E-state index in [1.54, 1.807) is 6.92 Å². The molecule has 1 atom stereocenters. The number of carbonyl (C=O) groups excluding carboxylic acids is 1. The highest BCUT2D eigenvalue weighted by Crippen LogP contribution is 2.08. The van der Waals surface area contributed by atoms with Crippen molar-refractivity contribution < 1.29 is 9.53 Å². The number of ketones is 1. The molecule has 0 aromatic heterocycles. The van der Waals surface area contributed by atoms with Gasteiger partial charge in [0.2, 0.25) is 0 Å². The predicted octanol–water partition coefficient (Wildman–Crippen LogP) is 3.20. The summed E-state index contributed by atoms with van der Waals surface area (Å²) in [6.07, 6.45) is 4.13. The van der Waals surface area contributed by atoms with E-state index in [4.69, 9.17) is 4.74 Å². The Kier molecular flexibility index (Phi) is 7.77. The van der Waals surface area contributed by atoms with Crippen molar-refractivity contribution in [3.63, 3.8) is 0 Å². The van der Waals surface area contributed by atoms with E-state index in [-0.39, 0.29) is 5.78 Å². The Morgan fingerprint density at radius 2 is 1.86 bits per heavy atom. The van der Waals surface area contributed by atoms with Crippen LogP contribution in [0.15, 0.2) is 0 Å². The van der Waals surface area contributed by atoms with E-state index >= 15 is 0 Å². The fourth-order valence-corrected chi connectivity index (χ4v) is 1.49. The molecule has 2 heteroatoms. The van der Waals surface area contributed by atoms with Gasteiger partial charge in [-0.05, 0) is 39.0 Å². The minimum atomic E-state index is 0.278. The number of hydrogen-bond donors (Lipinski definition) is 0.